The number of ether oxygens (including phenoxy) is 1. The van der Waals surface area contributed by atoms with Crippen molar-refractivity contribution < 1.29 is 19.1 Å². The monoisotopic (exact) mass is 263 g/mol. The van der Waals surface area contributed by atoms with Gasteiger partial charge in [0.15, 0.2) is 0 Å². The van der Waals surface area contributed by atoms with Crippen LogP contribution < -0.4 is 5.32 Å². The number of benzene rings is 1. The van der Waals surface area contributed by atoms with Crippen LogP contribution in [0.5, 0.6) is 0 Å². The van der Waals surface area contributed by atoms with Gasteiger partial charge in [0.25, 0.3) is 0 Å². The fourth-order valence-electron chi connectivity index (χ4n) is 1.57. The van der Waals surface area contributed by atoms with Crippen LogP contribution in [0.2, 0.25) is 0 Å². The zero-order valence-electron chi connectivity index (χ0n) is 11.3. The fourth-order valence-corrected chi connectivity index (χ4v) is 1.57. The molecule has 1 amide bonds. The van der Waals surface area contributed by atoms with Gasteiger partial charge in [-0.3, -0.25) is 9.59 Å². The number of carbonyl (C=O) groups is 3. The summed E-state index contributed by atoms with van der Waals surface area (Å²) in [6.45, 7) is 5.18. The van der Waals surface area contributed by atoms with Crippen LogP contribution in [0.25, 0.3) is 0 Å². The first-order valence-electron chi connectivity index (χ1n) is 6.01. The number of hydrogen-bond donors (Lipinski definition) is 1. The summed E-state index contributed by atoms with van der Waals surface area (Å²) in [5, 5.41) is 2.63. The first kappa shape index (κ1) is 14.9. The van der Waals surface area contributed by atoms with E-state index < -0.39 is 5.97 Å². The number of amides is 1. The van der Waals surface area contributed by atoms with E-state index in [2.05, 4.69) is 5.32 Å². The van der Waals surface area contributed by atoms with Crippen LogP contribution >= 0.6 is 0 Å². The number of Topliss-reactive ketones (excluding diaryl/α,β-unsaturated/α-hetero) is 1. The molecular weight excluding hydrogens is 246 g/mol. The maximum Gasteiger partial charge on any atom is 0.338 e. The van der Waals surface area contributed by atoms with Crippen molar-refractivity contribution in [3.8, 4) is 0 Å². The number of anilines is 1. The van der Waals surface area contributed by atoms with E-state index in [1.807, 2.05) is 0 Å². The molecule has 1 aromatic carbocycles. The van der Waals surface area contributed by atoms with Gasteiger partial charge in [-0.2, -0.15) is 0 Å². The van der Waals surface area contributed by atoms with Gasteiger partial charge in [0.2, 0.25) is 5.91 Å². The summed E-state index contributed by atoms with van der Waals surface area (Å²) in [4.78, 5) is 33.8. The summed E-state index contributed by atoms with van der Waals surface area (Å²) in [5.74, 6) is -0.954. The molecule has 0 saturated heterocycles. The minimum Gasteiger partial charge on any atom is -0.462 e. The third-order valence-corrected chi connectivity index (χ3v) is 2.42. The number of carbonyl (C=O) groups excluding carboxylic acids is 3. The van der Waals surface area contributed by atoms with Gasteiger partial charge < -0.3 is 10.1 Å². The molecule has 0 spiro atoms. The molecule has 5 nitrogen and oxygen atoms in total. The van der Waals surface area contributed by atoms with E-state index in [4.69, 9.17) is 4.74 Å². The van der Waals surface area contributed by atoms with E-state index in [0.29, 0.717) is 17.9 Å². The number of esters is 1. The maximum atomic E-state index is 11.5. The molecule has 1 rings (SSSR count). The molecule has 0 aliphatic rings. The topological polar surface area (TPSA) is 72.5 Å². The summed E-state index contributed by atoms with van der Waals surface area (Å²) in [7, 11) is 0. The summed E-state index contributed by atoms with van der Waals surface area (Å²) < 4.78 is 4.89. The average molecular weight is 263 g/mol. The predicted octanol–water partition coefficient (Wildman–Crippen LogP) is 2.09. The highest BCUT2D eigenvalue weighted by Crippen LogP contribution is 2.17. The predicted molar refractivity (Wildman–Crippen MR) is 71.1 cm³/mol. The van der Waals surface area contributed by atoms with Crippen molar-refractivity contribution in [2.75, 3.05) is 11.9 Å². The second kappa shape index (κ2) is 6.68. The van der Waals surface area contributed by atoms with Gasteiger partial charge in [0.05, 0.1) is 18.6 Å². The van der Waals surface area contributed by atoms with Gasteiger partial charge >= 0.3 is 5.97 Å². The number of aryl methyl sites for hydroxylation is 1. The number of rotatable bonds is 5. The highest BCUT2D eigenvalue weighted by Gasteiger charge is 2.11. The number of nitrogens with one attached hydrogen (secondary N) is 1. The number of ketones is 1. The van der Waals surface area contributed by atoms with Crippen molar-refractivity contribution in [3.05, 3.63) is 29.3 Å². The lowest BCUT2D eigenvalue weighted by Gasteiger charge is -2.09. The zero-order chi connectivity index (χ0) is 14.4. The highest BCUT2D eigenvalue weighted by molar-refractivity contribution is 6.04. The minimum atomic E-state index is -0.396. The first-order valence-corrected chi connectivity index (χ1v) is 6.01. The lowest BCUT2D eigenvalue weighted by molar-refractivity contribution is -0.124. The van der Waals surface area contributed by atoms with Gasteiger partial charge in [-0.15, -0.1) is 0 Å². The van der Waals surface area contributed by atoms with Crippen LogP contribution in [-0.2, 0) is 14.3 Å². The average Bonchev–Trinajstić information content (AvgIpc) is 2.31. The zero-order valence-corrected chi connectivity index (χ0v) is 11.3. The molecular formula is C14H17NO4. The van der Waals surface area contributed by atoms with Crippen molar-refractivity contribution in [1.82, 2.24) is 0 Å². The van der Waals surface area contributed by atoms with Crippen molar-refractivity contribution in [3.63, 3.8) is 0 Å². The second-order valence-electron chi connectivity index (χ2n) is 4.18. The third kappa shape index (κ3) is 4.54. The van der Waals surface area contributed by atoms with Crippen molar-refractivity contribution in [2.24, 2.45) is 0 Å². The second-order valence-corrected chi connectivity index (χ2v) is 4.18. The van der Waals surface area contributed by atoms with Crippen LogP contribution in [0.4, 0.5) is 5.69 Å². The Balaban J connectivity index is 2.80. The third-order valence-electron chi connectivity index (χ3n) is 2.42. The van der Waals surface area contributed by atoms with Crippen molar-refractivity contribution in [1.29, 1.82) is 0 Å². The van der Waals surface area contributed by atoms with Crippen LogP contribution in [0.15, 0.2) is 18.2 Å². The van der Waals surface area contributed by atoms with Crippen LogP contribution in [-0.4, -0.2) is 24.3 Å². The molecule has 19 heavy (non-hydrogen) atoms. The van der Waals surface area contributed by atoms with Crippen molar-refractivity contribution in [2.45, 2.75) is 27.2 Å². The van der Waals surface area contributed by atoms with E-state index in [1.54, 1.807) is 32.0 Å². The molecule has 0 aromatic heterocycles. The molecule has 0 saturated carbocycles. The highest BCUT2D eigenvalue weighted by atomic mass is 16.5. The number of hydrogen-bond acceptors (Lipinski definition) is 4. The standard InChI is InChI=1S/C14H17NO4/c1-4-19-14(18)11-5-6-12(9(2)7-11)15-13(17)8-10(3)16/h5-7H,4,8H2,1-3H3,(H,15,17). The molecule has 0 aliphatic heterocycles. The lowest BCUT2D eigenvalue weighted by Crippen LogP contribution is -2.15. The van der Waals surface area contributed by atoms with E-state index in [-0.39, 0.29) is 18.1 Å². The molecule has 0 bridgehead atoms. The summed E-state index contributed by atoms with van der Waals surface area (Å²) >= 11 is 0. The molecule has 5 heteroatoms. The normalized spacial score (nSPS) is 9.84. The largest absolute Gasteiger partial charge is 0.462 e. The Bertz CT molecular complexity index is 508. The Kier molecular flexibility index (Phi) is 5.23. The van der Waals surface area contributed by atoms with Gasteiger partial charge in [-0.25, -0.2) is 4.79 Å². The Morgan fingerprint density at radius 3 is 2.47 bits per heavy atom. The Morgan fingerprint density at radius 1 is 1.26 bits per heavy atom. The molecule has 1 aromatic rings. The Labute approximate surface area is 111 Å². The molecule has 0 atom stereocenters. The molecule has 0 heterocycles. The van der Waals surface area contributed by atoms with E-state index in [0.717, 1.165) is 5.56 Å². The van der Waals surface area contributed by atoms with Crippen LogP contribution in [0, 0.1) is 6.92 Å². The molecule has 102 valence electrons. The minimum absolute atomic E-state index is 0.154. The van der Waals surface area contributed by atoms with Crippen LogP contribution in [0.3, 0.4) is 0 Å². The maximum absolute atomic E-state index is 11.5. The van der Waals surface area contributed by atoms with Crippen LogP contribution in [0.1, 0.15) is 36.2 Å². The smallest absolute Gasteiger partial charge is 0.338 e. The molecule has 0 fully saturated rings. The quantitative estimate of drug-likeness (QED) is 0.652. The fraction of sp³-hybridized carbons (Fsp3) is 0.357. The molecule has 0 unspecified atom stereocenters. The summed E-state index contributed by atoms with van der Waals surface area (Å²) in [6, 6.07) is 4.84. The van der Waals surface area contributed by atoms with E-state index in [1.165, 1.54) is 6.92 Å². The molecule has 0 aliphatic carbocycles. The summed E-state index contributed by atoms with van der Waals surface area (Å²) in [5.41, 5.74) is 1.76. The van der Waals surface area contributed by atoms with E-state index in [9.17, 15) is 14.4 Å². The SMILES string of the molecule is CCOC(=O)c1ccc(NC(=O)CC(C)=O)c(C)c1. The first-order chi connectivity index (χ1) is 8.93. The van der Waals surface area contributed by atoms with Crippen molar-refractivity contribution >= 4 is 23.3 Å². The van der Waals surface area contributed by atoms with Gasteiger partial charge in [-0.1, -0.05) is 0 Å². The van der Waals surface area contributed by atoms with E-state index >= 15 is 0 Å². The summed E-state index contributed by atoms with van der Waals surface area (Å²) in [6.07, 6.45) is -0.154. The lowest BCUT2D eigenvalue weighted by atomic mass is 10.1. The molecule has 1 N–H and O–H groups in total. The van der Waals surface area contributed by atoms with Gasteiger partial charge in [0.1, 0.15) is 5.78 Å². The van der Waals surface area contributed by atoms with Gasteiger partial charge in [0, 0.05) is 5.69 Å². The Morgan fingerprint density at radius 2 is 1.95 bits per heavy atom. The molecule has 0 radical (unpaired) electrons. The van der Waals surface area contributed by atoms with Gasteiger partial charge in [-0.05, 0) is 44.5 Å². The Hall–Kier alpha value is -2.17.